The van der Waals surface area contributed by atoms with Crippen LogP contribution in [0.1, 0.15) is 42.3 Å². The second-order valence-electron chi connectivity index (χ2n) is 9.69. The predicted octanol–water partition coefficient (Wildman–Crippen LogP) is 5.45. The van der Waals surface area contributed by atoms with Crippen molar-refractivity contribution in [2.24, 2.45) is 5.92 Å². The van der Waals surface area contributed by atoms with Crippen molar-refractivity contribution in [1.29, 1.82) is 0 Å². The van der Waals surface area contributed by atoms with E-state index < -0.39 is 6.10 Å². The fourth-order valence-electron chi connectivity index (χ4n) is 4.72. The summed E-state index contributed by atoms with van der Waals surface area (Å²) >= 11 is 0. The Morgan fingerprint density at radius 2 is 1.68 bits per heavy atom. The molecule has 0 radical (unpaired) electrons. The summed E-state index contributed by atoms with van der Waals surface area (Å²) in [5.74, 6) is 0.889. The van der Waals surface area contributed by atoms with Crippen LogP contribution in [0.15, 0.2) is 82.9 Å². The second-order valence-corrected chi connectivity index (χ2v) is 9.69. The van der Waals surface area contributed by atoms with E-state index in [1.165, 1.54) is 22.3 Å². The lowest BCUT2D eigenvalue weighted by Crippen LogP contribution is -2.39. The molecule has 6 heteroatoms. The van der Waals surface area contributed by atoms with E-state index in [0.29, 0.717) is 32.1 Å². The van der Waals surface area contributed by atoms with Gasteiger partial charge in [-0.05, 0) is 41.5 Å². The van der Waals surface area contributed by atoms with E-state index in [0.717, 1.165) is 31.6 Å². The van der Waals surface area contributed by atoms with Gasteiger partial charge in [-0.2, -0.15) is 0 Å². The third kappa shape index (κ3) is 8.23. The number of β-amino-alcohol motifs (C(OH)–C–C–N with tert-alkyl or cyclic N) is 1. The van der Waals surface area contributed by atoms with Crippen molar-refractivity contribution in [2.75, 3.05) is 40.0 Å². The van der Waals surface area contributed by atoms with Crippen LogP contribution >= 0.6 is 0 Å². The van der Waals surface area contributed by atoms with E-state index in [1.54, 1.807) is 7.11 Å². The number of hydrogen-bond acceptors (Lipinski definition) is 6. The summed E-state index contributed by atoms with van der Waals surface area (Å²) in [6.07, 6.45) is 5.42. The molecule has 0 amide bonds. The lowest BCUT2D eigenvalue weighted by molar-refractivity contribution is 0.00956. The van der Waals surface area contributed by atoms with Gasteiger partial charge in [-0.25, -0.2) is 0 Å². The Balaban J connectivity index is 1.23. The second kappa shape index (κ2) is 14.1. The Hall–Kier alpha value is -3.03. The van der Waals surface area contributed by atoms with Crippen molar-refractivity contribution < 1.29 is 19.1 Å². The van der Waals surface area contributed by atoms with E-state index in [1.807, 2.05) is 18.2 Å². The molecule has 1 saturated heterocycles. The molecule has 6 nitrogen and oxygen atoms in total. The van der Waals surface area contributed by atoms with Crippen molar-refractivity contribution in [1.82, 2.24) is 10.1 Å². The van der Waals surface area contributed by atoms with Gasteiger partial charge in [0.2, 0.25) is 0 Å². The van der Waals surface area contributed by atoms with Gasteiger partial charge in [0, 0.05) is 32.8 Å². The molecule has 0 saturated carbocycles. The van der Waals surface area contributed by atoms with Crippen LogP contribution in [0.2, 0.25) is 0 Å². The molecule has 1 fully saturated rings. The summed E-state index contributed by atoms with van der Waals surface area (Å²) in [7, 11) is 1.63. The Morgan fingerprint density at radius 3 is 2.30 bits per heavy atom. The molecule has 1 N–H and O–H groups in total. The quantitative estimate of drug-likeness (QED) is 0.355. The van der Waals surface area contributed by atoms with Gasteiger partial charge < -0.3 is 24.0 Å². The highest BCUT2D eigenvalue weighted by molar-refractivity contribution is 5.82. The molecular weight excluding hydrogens is 464 g/mol. The number of likely N-dealkylation sites (tertiary alicyclic amines) is 1. The third-order valence-electron chi connectivity index (χ3n) is 6.56. The largest absolute Gasteiger partial charge is 0.389 e. The van der Waals surface area contributed by atoms with E-state index in [4.69, 9.17) is 14.0 Å². The summed E-state index contributed by atoms with van der Waals surface area (Å²) in [6.45, 7) is 5.89. The van der Waals surface area contributed by atoms with E-state index in [9.17, 15) is 5.11 Å². The highest BCUT2D eigenvalue weighted by atomic mass is 16.5. The number of nitrogens with zero attached hydrogens (tertiary/aromatic N) is 2. The number of aliphatic hydroxyl groups is 1. The fourth-order valence-corrected chi connectivity index (χ4v) is 4.72. The minimum atomic E-state index is -0.504. The van der Waals surface area contributed by atoms with Crippen LogP contribution in [-0.4, -0.2) is 61.2 Å². The molecule has 1 aliphatic rings. The molecule has 2 aromatic carbocycles. The first kappa shape index (κ1) is 27.0. The molecule has 1 aliphatic heterocycles. The average Bonchev–Trinajstić information content (AvgIpc) is 3.37. The molecule has 2 atom stereocenters. The molecule has 37 heavy (non-hydrogen) atoms. The van der Waals surface area contributed by atoms with Gasteiger partial charge in [0.05, 0.1) is 25.9 Å². The highest BCUT2D eigenvalue weighted by Crippen LogP contribution is 2.32. The van der Waals surface area contributed by atoms with E-state index in [-0.39, 0.29) is 5.92 Å². The molecule has 1 aromatic heterocycles. The number of benzene rings is 2. The fraction of sp³-hybridized carbons (Fsp3) is 0.387. The number of methoxy groups -OCH3 is 1. The Bertz CT molecular complexity index is 1090. The Morgan fingerprint density at radius 1 is 1.03 bits per heavy atom. The van der Waals surface area contributed by atoms with Crippen LogP contribution in [0.4, 0.5) is 0 Å². The third-order valence-corrected chi connectivity index (χ3v) is 6.56. The van der Waals surface area contributed by atoms with Crippen molar-refractivity contribution >= 4 is 11.6 Å². The standard InChI is InChI=1S/C31H38N2O4/c1-24(13-14-30-19-28(22-35-2)32-37-30)21-36-23-29(34)20-33-17-15-27(16-18-33)31(25-9-5-3-6-10-25)26-11-7-4-8-12-26/h3-14,19,24,29,34H,15-18,20-23H2,1-2H3/b14-13-. The summed E-state index contributed by atoms with van der Waals surface area (Å²) in [6, 6.07) is 23.2. The van der Waals surface area contributed by atoms with Gasteiger partial charge in [-0.15, -0.1) is 0 Å². The van der Waals surface area contributed by atoms with Gasteiger partial charge >= 0.3 is 0 Å². The molecule has 3 aromatic rings. The van der Waals surface area contributed by atoms with Crippen LogP contribution in [0.3, 0.4) is 0 Å². The molecule has 2 unspecified atom stereocenters. The zero-order valence-corrected chi connectivity index (χ0v) is 21.9. The molecule has 4 rings (SSSR count). The van der Waals surface area contributed by atoms with Crippen molar-refractivity contribution in [3.05, 3.63) is 101 Å². The SMILES string of the molecule is COCc1cc(/C=C\C(C)COCC(O)CN2CCC(=C(c3ccccc3)c3ccccc3)CC2)on1. The Kier molecular flexibility index (Phi) is 10.3. The first-order valence-electron chi connectivity index (χ1n) is 13.1. The molecular formula is C31H38N2O4. The van der Waals surface area contributed by atoms with E-state index >= 15 is 0 Å². The lowest BCUT2D eigenvalue weighted by Gasteiger charge is -2.31. The smallest absolute Gasteiger partial charge is 0.159 e. The van der Waals surface area contributed by atoms with Gasteiger partial charge in [0.15, 0.2) is 5.76 Å². The number of aliphatic hydroxyl groups excluding tert-OH is 1. The van der Waals surface area contributed by atoms with Crippen LogP contribution in [-0.2, 0) is 16.1 Å². The van der Waals surface area contributed by atoms with Gasteiger partial charge in [-0.3, -0.25) is 0 Å². The maximum atomic E-state index is 10.6. The number of hydrogen-bond donors (Lipinski definition) is 1. The molecule has 196 valence electrons. The maximum absolute atomic E-state index is 10.6. The lowest BCUT2D eigenvalue weighted by atomic mass is 9.88. The first-order valence-corrected chi connectivity index (χ1v) is 13.1. The van der Waals surface area contributed by atoms with Crippen molar-refractivity contribution in [3.8, 4) is 0 Å². The summed E-state index contributed by atoms with van der Waals surface area (Å²) in [4.78, 5) is 2.34. The predicted molar refractivity (Wildman–Crippen MR) is 147 cm³/mol. The minimum Gasteiger partial charge on any atom is -0.389 e. The van der Waals surface area contributed by atoms with E-state index in [2.05, 4.69) is 77.6 Å². The van der Waals surface area contributed by atoms with Gasteiger partial charge in [0.1, 0.15) is 5.69 Å². The zero-order chi connectivity index (χ0) is 25.9. The van der Waals surface area contributed by atoms with Crippen molar-refractivity contribution in [3.63, 3.8) is 0 Å². The monoisotopic (exact) mass is 502 g/mol. The summed E-state index contributed by atoms with van der Waals surface area (Å²) in [5, 5.41) is 14.5. The summed E-state index contributed by atoms with van der Waals surface area (Å²) < 4.78 is 16.1. The van der Waals surface area contributed by atoms with Crippen LogP contribution in [0, 0.1) is 5.92 Å². The van der Waals surface area contributed by atoms with Crippen LogP contribution in [0.5, 0.6) is 0 Å². The van der Waals surface area contributed by atoms with Crippen LogP contribution in [0.25, 0.3) is 11.6 Å². The van der Waals surface area contributed by atoms with Crippen LogP contribution < -0.4 is 0 Å². The molecule has 2 heterocycles. The number of aromatic nitrogens is 1. The molecule has 0 bridgehead atoms. The normalized spacial score (nSPS) is 16.2. The van der Waals surface area contributed by atoms with Gasteiger partial charge in [0.25, 0.3) is 0 Å². The minimum absolute atomic E-state index is 0.195. The molecule has 0 aliphatic carbocycles. The zero-order valence-electron chi connectivity index (χ0n) is 21.9. The highest BCUT2D eigenvalue weighted by Gasteiger charge is 2.21. The Labute approximate surface area is 220 Å². The number of rotatable bonds is 12. The number of piperidine rings is 1. The first-order chi connectivity index (χ1) is 18.1. The maximum Gasteiger partial charge on any atom is 0.159 e. The van der Waals surface area contributed by atoms with Gasteiger partial charge in [-0.1, -0.05) is 84.4 Å². The topological polar surface area (TPSA) is 68.0 Å². The van der Waals surface area contributed by atoms with Crippen molar-refractivity contribution in [2.45, 2.75) is 32.5 Å². The molecule has 0 spiro atoms. The summed E-state index contributed by atoms with van der Waals surface area (Å²) in [5.41, 5.74) is 6.15. The average molecular weight is 503 g/mol. The number of ether oxygens (including phenoxy) is 2.